The lowest BCUT2D eigenvalue weighted by Gasteiger charge is -2.47. The first kappa shape index (κ1) is 46.2. The maximum atomic E-state index is 14.3. The number of fused-ring (bicyclic) bond motifs is 3. The highest BCUT2D eigenvalue weighted by molar-refractivity contribution is 6.39. The number of rotatable bonds is 6. The van der Waals surface area contributed by atoms with Gasteiger partial charge in [-0.05, 0) is 106 Å². The Morgan fingerprint density at radius 3 is 2.21 bits per heavy atom. The van der Waals surface area contributed by atoms with Gasteiger partial charge >= 0.3 is 5.97 Å². The fraction of sp³-hybridized carbons (Fsp3) is 0.818. The van der Waals surface area contributed by atoms with Crippen molar-refractivity contribution in [2.24, 2.45) is 35.5 Å². The van der Waals surface area contributed by atoms with Crippen molar-refractivity contribution in [1.82, 2.24) is 4.90 Å². The minimum absolute atomic E-state index is 0.0112. The Kier molecular flexibility index (Phi) is 16.9. The number of methoxy groups -OCH3 is 3. The van der Waals surface area contributed by atoms with Crippen LogP contribution in [0, 0.1) is 35.5 Å². The minimum Gasteiger partial charge on any atom is -0.456 e. The number of ether oxygens (including phenoxy) is 5. The van der Waals surface area contributed by atoms with Gasteiger partial charge in [0, 0.05) is 46.1 Å². The van der Waals surface area contributed by atoms with Crippen LogP contribution in [0.2, 0.25) is 0 Å². The molecule has 2 bridgehead atoms. The van der Waals surface area contributed by atoms with Gasteiger partial charge in [-0.1, -0.05) is 53.7 Å². The number of ketones is 2. The number of carbonyl (C=O) groups excluding carboxylic acids is 4. The van der Waals surface area contributed by atoms with E-state index in [1.165, 1.54) is 4.90 Å². The molecule has 0 radical (unpaired) electrons. The summed E-state index contributed by atoms with van der Waals surface area (Å²) in [5, 5.41) is 23.7. The third-order valence-corrected chi connectivity index (χ3v) is 13.2. The molecule has 0 aromatic rings. The van der Waals surface area contributed by atoms with Crippen molar-refractivity contribution in [1.29, 1.82) is 0 Å². The van der Waals surface area contributed by atoms with Crippen LogP contribution in [0.15, 0.2) is 23.3 Å². The summed E-state index contributed by atoms with van der Waals surface area (Å²) in [5.41, 5.74) is 1.38. The predicted octanol–water partition coefficient (Wildman–Crippen LogP) is 5.75. The summed E-state index contributed by atoms with van der Waals surface area (Å²) in [6.07, 6.45) is 6.11. The smallest absolute Gasteiger partial charge is 0.329 e. The predicted molar refractivity (Wildman–Crippen MR) is 211 cm³/mol. The third kappa shape index (κ3) is 10.8. The quantitative estimate of drug-likeness (QED) is 0.192. The van der Waals surface area contributed by atoms with E-state index in [1.54, 1.807) is 35.2 Å². The maximum Gasteiger partial charge on any atom is 0.329 e. The van der Waals surface area contributed by atoms with Gasteiger partial charge in [0.05, 0.1) is 24.4 Å². The Labute approximate surface area is 335 Å². The molecule has 1 unspecified atom stereocenters. The highest BCUT2D eigenvalue weighted by Crippen LogP contribution is 2.39. The molecule has 318 valence electrons. The van der Waals surface area contributed by atoms with Crippen molar-refractivity contribution in [3.05, 3.63) is 23.3 Å². The Bertz CT molecular complexity index is 1430. The van der Waals surface area contributed by atoms with Crippen molar-refractivity contribution >= 4 is 23.4 Å². The largest absolute Gasteiger partial charge is 0.456 e. The minimum atomic E-state index is -2.48. The zero-order valence-electron chi connectivity index (χ0n) is 35.7. The number of aliphatic hydroxyl groups is 2. The molecule has 0 spiro atoms. The molecule has 1 aliphatic carbocycles. The zero-order valence-corrected chi connectivity index (χ0v) is 35.7. The maximum absolute atomic E-state index is 14.3. The van der Waals surface area contributed by atoms with Crippen LogP contribution in [0.5, 0.6) is 0 Å². The Morgan fingerprint density at radius 1 is 0.911 bits per heavy atom. The first-order valence-electron chi connectivity index (χ1n) is 21.1. The lowest BCUT2D eigenvalue weighted by atomic mass is 9.79. The summed E-state index contributed by atoms with van der Waals surface area (Å²) in [4.78, 5) is 57.7. The average molecular weight is 790 g/mol. The van der Waals surface area contributed by atoms with Gasteiger partial charge in [0.15, 0.2) is 5.78 Å². The highest BCUT2D eigenvalue weighted by atomic mass is 16.7. The topological polar surface area (TPSA) is 158 Å². The van der Waals surface area contributed by atoms with Crippen LogP contribution < -0.4 is 0 Å². The highest BCUT2D eigenvalue weighted by Gasteiger charge is 2.56. The van der Waals surface area contributed by atoms with E-state index in [4.69, 9.17) is 23.7 Å². The molecule has 2 N–H and O–H groups in total. The standard InChI is InChI=1S/C44H71NO11/c1-11-32-19-25(2)18-26(3)20-37(53-9)40-38(54-10)22-29(6)44(51,56-40)41(48)42(49)45-17-13-12-14-33(45)43(50)55-39(30(7)34(46)24-35(32)47)28(5)21-31-16-15-27(4)36(23-31)52-8/h19,21,25-27,29-31,33-34,36-40,46,51H,11-18,20,22-24H2,1-10H3/t25?,26-,27+,29+,30+,31-,33-,34-,36+,37-,38-,39+,40+,44+/m0/s1. The second-order valence-corrected chi connectivity index (χ2v) is 17.5. The van der Waals surface area contributed by atoms with Gasteiger partial charge < -0.3 is 38.8 Å². The fourth-order valence-electron chi connectivity index (χ4n) is 9.66. The molecule has 0 aromatic carbocycles. The first-order chi connectivity index (χ1) is 26.5. The van der Waals surface area contributed by atoms with Crippen molar-refractivity contribution < 1.29 is 53.1 Å². The van der Waals surface area contributed by atoms with E-state index in [0.717, 1.165) is 24.8 Å². The number of Topliss-reactive ketones (excluding diaryl/α,β-unsaturated/α-hetero) is 2. The molecule has 4 rings (SSSR count). The molecule has 14 atom stereocenters. The lowest BCUT2D eigenvalue weighted by molar-refractivity contribution is -0.302. The fourth-order valence-corrected chi connectivity index (χ4v) is 9.66. The molecule has 3 fully saturated rings. The second kappa shape index (κ2) is 20.5. The molecule has 3 aliphatic heterocycles. The molecule has 1 saturated carbocycles. The van der Waals surface area contributed by atoms with Crippen molar-refractivity contribution in [3.8, 4) is 0 Å². The Hall–Kier alpha value is -2.48. The molecule has 3 heterocycles. The van der Waals surface area contributed by atoms with Gasteiger partial charge in [-0.15, -0.1) is 0 Å². The van der Waals surface area contributed by atoms with Gasteiger partial charge in [0.25, 0.3) is 11.7 Å². The van der Waals surface area contributed by atoms with Crippen LogP contribution in [-0.4, -0.2) is 115 Å². The second-order valence-electron chi connectivity index (χ2n) is 17.5. The molecule has 12 heteroatoms. The van der Waals surface area contributed by atoms with Crippen LogP contribution in [0.3, 0.4) is 0 Å². The molecule has 1 amide bonds. The van der Waals surface area contributed by atoms with E-state index >= 15 is 0 Å². The Balaban J connectivity index is 1.76. The van der Waals surface area contributed by atoms with Crippen molar-refractivity contribution in [2.75, 3.05) is 27.9 Å². The lowest BCUT2D eigenvalue weighted by Crippen LogP contribution is -2.64. The number of esters is 1. The van der Waals surface area contributed by atoms with E-state index in [1.807, 2.05) is 26.8 Å². The number of aliphatic hydroxyl groups excluding tert-OH is 1. The van der Waals surface area contributed by atoms with Gasteiger partial charge in [-0.2, -0.15) is 0 Å². The molecular formula is C44H71NO11. The normalized spacial score (nSPS) is 40.6. The van der Waals surface area contributed by atoms with E-state index in [-0.39, 0.29) is 55.4 Å². The summed E-state index contributed by atoms with van der Waals surface area (Å²) in [7, 11) is 4.81. The number of cyclic esters (lactones) is 1. The first-order valence-corrected chi connectivity index (χ1v) is 21.1. The summed E-state index contributed by atoms with van der Waals surface area (Å²) < 4.78 is 30.1. The molecule has 4 aliphatic rings. The molecule has 12 nitrogen and oxygen atoms in total. The average Bonchev–Trinajstić information content (AvgIpc) is 3.18. The number of nitrogens with zero attached hydrogens (tertiary/aromatic N) is 1. The number of allylic oxidation sites excluding steroid dienone is 3. The summed E-state index contributed by atoms with van der Waals surface area (Å²) in [6.45, 7) is 13.7. The van der Waals surface area contributed by atoms with Crippen molar-refractivity contribution in [2.45, 2.75) is 168 Å². The van der Waals surface area contributed by atoms with Crippen LogP contribution in [0.1, 0.15) is 119 Å². The molecule has 0 aromatic heterocycles. The Morgan fingerprint density at radius 2 is 1.57 bits per heavy atom. The number of carbonyl (C=O) groups is 4. The van der Waals surface area contributed by atoms with Crippen LogP contribution in [0.25, 0.3) is 0 Å². The monoisotopic (exact) mass is 790 g/mol. The summed E-state index contributed by atoms with van der Waals surface area (Å²) in [5.74, 6) is -6.31. The number of hydrogen-bond acceptors (Lipinski definition) is 11. The number of amides is 1. The van der Waals surface area contributed by atoms with E-state index in [2.05, 4.69) is 19.9 Å². The summed E-state index contributed by atoms with van der Waals surface area (Å²) in [6, 6.07) is -1.10. The van der Waals surface area contributed by atoms with E-state index < -0.39 is 71.8 Å². The van der Waals surface area contributed by atoms with Crippen LogP contribution in [-0.2, 0) is 42.9 Å². The number of piperidine rings is 1. The van der Waals surface area contributed by atoms with Crippen LogP contribution in [0.4, 0.5) is 0 Å². The van der Waals surface area contributed by atoms with Crippen LogP contribution >= 0.6 is 0 Å². The summed E-state index contributed by atoms with van der Waals surface area (Å²) >= 11 is 0. The molecule has 2 saturated heterocycles. The molecule has 56 heavy (non-hydrogen) atoms. The van der Waals surface area contributed by atoms with Gasteiger partial charge in [0.1, 0.15) is 18.2 Å². The van der Waals surface area contributed by atoms with E-state index in [9.17, 15) is 29.4 Å². The third-order valence-electron chi connectivity index (χ3n) is 13.2. The van der Waals surface area contributed by atoms with Gasteiger partial charge in [-0.25, -0.2) is 4.79 Å². The number of hydrogen-bond donors (Lipinski definition) is 2. The zero-order chi connectivity index (χ0) is 41.5. The SMILES string of the molecule is CCC1=CC(C)C[C@H](C)C[C@H](OC)[C@H]2O[C@@](O)(C(=O)C(=O)N3CCCC[C@H]3C(=O)O[C@H](C(C)=C[C@@H]3CC[C@@H](C)[C@H](OC)C3)[C@H](C)[C@@H](O)CC1=O)[C@H](C)C[C@@H]2OC. The molecular weight excluding hydrogens is 718 g/mol. The van der Waals surface area contributed by atoms with E-state index in [0.29, 0.717) is 43.6 Å². The van der Waals surface area contributed by atoms with Crippen molar-refractivity contribution in [3.63, 3.8) is 0 Å². The van der Waals surface area contributed by atoms with Gasteiger partial charge in [0.2, 0.25) is 5.79 Å². The van der Waals surface area contributed by atoms with Gasteiger partial charge in [-0.3, -0.25) is 14.4 Å².